The van der Waals surface area contributed by atoms with Crippen molar-refractivity contribution in [1.82, 2.24) is 0 Å². The summed E-state index contributed by atoms with van der Waals surface area (Å²) in [5.41, 5.74) is 8.19. The molecule has 17 heavy (non-hydrogen) atoms. The second-order valence-electron chi connectivity index (χ2n) is 4.69. The Morgan fingerprint density at radius 2 is 2.06 bits per heavy atom. The molecule has 4 heteroatoms. The monoisotopic (exact) mass is 248 g/mol. The van der Waals surface area contributed by atoms with E-state index in [-0.39, 0.29) is 5.92 Å². The molecule has 0 aliphatic heterocycles. The van der Waals surface area contributed by atoms with Crippen molar-refractivity contribution in [2.45, 2.75) is 6.42 Å². The molecule has 1 saturated carbocycles. The van der Waals surface area contributed by atoms with Gasteiger partial charge in [0, 0.05) is 10.9 Å². The molecule has 1 aromatic rings. The highest BCUT2D eigenvalue weighted by Gasteiger charge is 2.54. The summed E-state index contributed by atoms with van der Waals surface area (Å²) >= 11 is 5.86. The lowest BCUT2D eigenvalue weighted by Gasteiger charge is -2.06. The average Bonchev–Trinajstić information content (AvgIpc) is 2.84. The van der Waals surface area contributed by atoms with Crippen molar-refractivity contribution in [2.75, 3.05) is 0 Å². The van der Waals surface area contributed by atoms with E-state index in [1.54, 1.807) is 0 Å². The van der Waals surface area contributed by atoms with Crippen LogP contribution in [0.1, 0.15) is 12.0 Å². The van der Waals surface area contributed by atoms with Gasteiger partial charge in [-0.3, -0.25) is 0 Å². The van der Waals surface area contributed by atoms with Crippen molar-refractivity contribution in [3.63, 3.8) is 0 Å². The first-order chi connectivity index (χ1) is 8.20. The summed E-state index contributed by atoms with van der Waals surface area (Å²) < 4.78 is 0. The van der Waals surface area contributed by atoms with E-state index in [0.29, 0.717) is 17.7 Å². The van der Waals surface area contributed by atoms with E-state index in [4.69, 9.17) is 22.5 Å². The number of allylic oxidation sites excluding steroid dienone is 2. The minimum Gasteiger partial charge on any atom is -0.409 e. The van der Waals surface area contributed by atoms with E-state index in [0.717, 1.165) is 11.4 Å². The van der Waals surface area contributed by atoms with Crippen molar-refractivity contribution >= 4 is 23.0 Å². The number of rotatable bonds is 2. The summed E-state index contributed by atoms with van der Waals surface area (Å²) in [6.45, 7) is 0. The molecule has 0 saturated heterocycles. The first-order valence-electron chi connectivity index (χ1n) is 5.65. The first kappa shape index (κ1) is 10.7. The molecule has 0 amide bonds. The van der Waals surface area contributed by atoms with E-state index >= 15 is 0 Å². The van der Waals surface area contributed by atoms with Crippen LogP contribution in [0.25, 0.3) is 5.57 Å². The lowest BCUT2D eigenvalue weighted by atomic mass is 10.0. The summed E-state index contributed by atoms with van der Waals surface area (Å²) in [7, 11) is 0. The van der Waals surface area contributed by atoms with Gasteiger partial charge in [0.2, 0.25) is 0 Å². The van der Waals surface area contributed by atoms with E-state index < -0.39 is 0 Å². The highest BCUT2D eigenvalue weighted by atomic mass is 35.5. The van der Waals surface area contributed by atoms with Crippen LogP contribution >= 0.6 is 11.6 Å². The summed E-state index contributed by atoms with van der Waals surface area (Å²) in [6, 6.07) is 7.89. The van der Waals surface area contributed by atoms with E-state index in [2.05, 4.69) is 11.2 Å². The Labute approximate surface area is 105 Å². The second kappa shape index (κ2) is 3.77. The quantitative estimate of drug-likeness (QED) is 0.366. The zero-order chi connectivity index (χ0) is 12.0. The number of hydrogen-bond acceptors (Lipinski definition) is 2. The topological polar surface area (TPSA) is 58.6 Å². The van der Waals surface area contributed by atoms with Crippen LogP contribution < -0.4 is 5.73 Å². The second-order valence-corrected chi connectivity index (χ2v) is 5.13. The van der Waals surface area contributed by atoms with Crippen molar-refractivity contribution in [3.05, 3.63) is 40.9 Å². The van der Waals surface area contributed by atoms with Gasteiger partial charge in [-0.1, -0.05) is 35.0 Å². The lowest BCUT2D eigenvalue weighted by molar-refractivity contribution is 0.316. The van der Waals surface area contributed by atoms with Gasteiger partial charge in [0.25, 0.3) is 0 Å². The van der Waals surface area contributed by atoms with Gasteiger partial charge in [-0.15, -0.1) is 0 Å². The fourth-order valence-electron chi connectivity index (χ4n) is 2.81. The van der Waals surface area contributed by atoms with Gasteiger partial charge in [0.15, 0.2) is 0 Å². The number of fused-ring (bicyclic) bond motifs is 1. The van der Waals surface area contributed by atoms with E-state index in [1.807, 2.05) is 24.3 Å². The molecule has 2 aliphatic carbocycles. The van der Waals surface area contributed by atoms with Gasteiger partial charge in [0.1, 0.15) is 5.84 Å². The fourth-order valence-corrected chi connectivity index (χ4v) is 2.93. The summed E-state index contributed by atoms with van der Waals surface area (Å²) in [5.74, 6) is 1.59. The maximum Gasteiger partial charge on any atom is 0.143 e. The number of halogens is 1. The zero-order valence-electron chi connectivity index (χ0n) is 9.18. The normalized spacial score (nSPS) is 31.0. The Kier molecular flexibility index (Phi) is 2.37. The predicted octanol–water partition coefficient (Wildman–Crippen LogP) is 2.74. The Hall–Kier alpha value is -1.48. The average molecular weight is 249 g/mol. The maximum absolute atomic E-state index is 8.64. The third kappa shape index (κ3) is 1.71. The third-order valence-corrected chi connectivity index (χ3v) is 4.00. The van der Waals surface area contributed by atoms with Crippen molar-refractivity contribution in [2.24, 2.45) is 28.6 Å². The van der Waals surface area contributed by atoms with Gasteiger partial charge in [-0.2, -0.15) is 0 Å². The molecule has 0 spiro atoms. The molecule has 2 aliphatic rings. The van der Waals surface area contributed by atoms with Gasteiger partial charge in [-0.25, -0.2) is 0 Å². The van der Waals surface area contributed by atoms with E-state index in [9.17, 15) is 0 Å². The fraction of sp³-hybridized carbons (Fsp3) is 0.308. The molecule has 3 N–H and O–H groups in total. The Bertz CT molecular complexity index is 507. The lowest BCUT2D eigenvalue weighted by Crippen LogP contribution is -2.16. The standard InChI is InChI=1S/C13H13ClN2O/c14-9-3-1-7(2-4-9)8-5-10-11(6-8)12(10)13(15)16-17/h1-5,10-12,17H,6H2,(H2,15,16). The van der Waals surface area contributed by atoms with Crippen molar-refractivity contribution in [3.8, 4) is 0 Å². The van der Waals surface area contributed by atoms with Crippen LogP contribution in [-0.2, 0) is 0 Å². The number of hydrogen-bond donors (Lipinski definition) is 2. The number of benzene rings is 1. The first-order valence-corrected chi connectivity index (χ1v) is 6.02. The molecular formula is C13H13ClN2O. The number of nitrogens with two attached hydrogens (primary N) is 1. The SMILES string of the molecule is N/C(=N\O)C1C2C=C(c3ccc(Cl)cc3)CC21. The Morgan fingerprint density at radius 3 is 2.59 bits per heavy atom. The smallest absolute Gasteiger partial charge is 0.143 e. The van der Waals surface area contributed by atoms with Crippen LogP contribution in [0.3, 0.4) is 0 Å². The molecule has 3 unspecified atom stereocenters. The number of nitrogens with zero attached hydrogens (tertiary/aromatic N) is 1. The summed E-state index contributed by atoms with van der Waals surface area (Å²) in [4.78, 5) is 0. The molecular weight excluding hydrogens is 236 g/mol. The van der Waals surface area contributed by atoms with Crippen molar-refractivity contribution in [1.29, 1.82) is 0 Å². The van der Waals surface area contributed by atoms with Crippen LogP contribution in [0, 0.1) is 17.8 Å². The molecule has 3 nitrogen and oxygen atoms in total. The Morgan fingerprint density at radius 1 is 1.35 bits per heavy atom. The van der Waals surface area contributed by atoms with Gasteiger partial charge < -0.3 is 10.9 Å². The van der Waals surface area contributed by atoms with Gasteiger partial charge in [0.05, 0.1) is 0 Å². The molecule has 3 rings (SSSR count). The molecule has 88 valence electrons. The molecule has 0 aromatic heterocycles. The zero-order valence-corrected chi connectivity index (χ0v) is 9.93. The molecule has 1 aromatic carbocycles. The Balaban J connectivity index is 1.78. The van der Waals surface area contributed by atoms with Crippen molar-refractivity contribution < 1.29 is 5.21 Å². The highest BCUT2D eigenvalue weighted by molar-refractivity contribution is 6.30. The summed E-state index contributed by atoms with van der Waals surface area (Å²) in [5, 5.41) is 12.5. The van der Waals surface area contributed by atoms with Gasteiger partial charge >= 0.3 is 0 Å². The van der Waals surface area contributed by atoms with Crippen LogP contribution in [0.2, 0.25) is 5.02 Å². The van der Waals surface area contributed by atoms with Crippen LogP contribution in [0.5, 0.6) is 0 Å². The van der Waals surface area contributed by atoms with Crippen LogP contribution in [-0.4, -0.2) is 11.0 Å². The molecule has 0 bridgehead atoms. The summed E-state index contributed by atoms with van der Waals surface area (Å²) in [6.07, 6.45) is 3.25. The number of oxime groups is 1. The molecule has 0 radical (unpaired) electrons. The minimum atomic E-state index is 0.246. The molecule has 3 atom stereocenters. The van der Waals surface area contributed by atoms with E-state index in [1.165, 1.54) is 11.1 Å². The third-order valence-electron chi connectivity index (χ3n) is 3.75. The minimum absolute atomic E-state index is 0.246. The van der Waals surface area contributed by atoms with Crippen LogP contribution in [0.4, 0.5) is 0 Å². The predicted molar refractivity (Wildman–Crippen MR) is 67.9 cm³/mol. The molecule has 0 heterocycles. The number of amidine groups is 1. The maximum atomic E-state index is 8.64. The molecule has 1 fully saturated rings. The van der Waals surface area contributed by atoms with Crippen LogP contribution in [0.15, 0.2) is 35.5 Å². The van der Waals surface area contributed by atoms with Gasteiger partial charge in [-0.05, 0) is 41.5 Å². The largest absolute Gasteiger partial charge is 0.409 e. The highest BCUT2D eigenvalue weighted by Crippen LogP contribution is 2.58.